The van der Waals surface area contributed by atoms with Crippen molar-refractivity contribution in [3.05, 3.63) is 28.9 Å². The monoisotopic (exact) mass is 374 g/mol. The van der Waals surface area contributed by atoms with Crippen molar-refractivity contribution in [3.8, 4) is 0 Å². The molecule has 27 heavy (non-hydrogen) atoms. The van der Waals surface area contributed by atoms with E-state index in [2.05, 4.69) is 4.98 Å². The molecule has 1 atom stereocenters. The summed E-state index contributed by atoms with van der Waals surface area (Å²) >= 11 is 0. The lowest BCUT2D eigenvalue weighted by Gasteiger charge is -2.44. The van der Waals surface area contributed by atoms with E-state index in [1.807, 2.05) is 4.90 Å². The zero-order valence-corrected chi connectivity index (χ0v) is 15.5. The molecule has 3 saturated heterocycles. The summed E-state index contributed by atoms with van der Waals surface area (Å²) in [7, 11) is 0. The van der Waals surface area contributed by atoms with Crippen LogP contribution in [0.25, 0.3) is 0 Å². The summed E-state index contributed by atoms with van der Waals surface area (Å²) < 4.78 is 6.74. The maximum absolute atomic E-state index is 13.3. The molecule has 4 heterocycles. The molecule has 0 aromatic carbocycles. The minimum Gasteiger partial charge on any atom is -0.381 e. The fraction of sp³-hybridized carbons (Fsp3) is 0.684. The Morgan fingerprint density at radius 2 is 2.04 bits per heavy atom. The highest BCUT2D eigenvalue weighted by atomic mass is 16.5. The van der Waals surface area contributed by atoms with Crippen LogP contribution in [0.3, 0.4) is 0 Å². The van der Waals surface area contributed by atoms with Crippen molar-refractivity contribution >= 4 is 11.8 Å². The molecule has 0 saturated carbocycles. The van der Waals surface area contributed by atoms with Gasteiger partial charge >= 0.3 is 5.69 Å². The van der Waals surface area contributed by atoms with Gasteiger partial charge in [0.15, 0.2) is 0 Å². The average Bonchev–Trinajstić information content (AvgIpc) is 3.12. The zero-order chi connectivity index (χ0) is 18.9. The number of ether oxygens (including phenoxy) is 1. The van der Waals surface area contributed by atoms with Crippen molar-refractivity contribution in [3.63, 3.8) is 0 Å². The molecule has 0 aliphatic carbocycles. The highest BCUT2D eigenvalue weighted by molar-refractivity contribution is 5.86. The van der Waals surface area contributed by atoms with E-state index in [4.69, 9.17) is 4.74 Å². The molecule has 8 heteroatoms. The van der Waals surface area contributed by atoms with Crippen LogP contribution in [0, 0.1) is 5.41 Å². The van der Waals surface area contributed by atoms with Crippen LogP contribution in [0.15, 0.2) is 23.3 Å². The maximum Gasteiger partial charge on any atom is 0.347 e. The van der Waals surface area contributed by atoms with Gasteiger partial charge in [-0.2, -0.15) is 0 Å². The lowest BCUT2D eigenvalue weighted by Crippen LogP contribution is -2.55. The first-order chi connectivity index (χ1) is 13.1. The Bertz CT molecular complexity index is 773. The third-order valence-electron chi connectivity index (χ3n) is 6.20. The second-order valence-corrected chi connectivity index (χ2v) is 7.82. The molecule has 0 radical (unpaired) electrons. The van der Waals surface area contributed by atoms with Gasteiger partial charge in [0.1, 0.15) is 6.54 Å². The number of aromatic nitrogens is 2. The van der Waals surface area contributed by atoms with E-state index in [0.29, 0.717) is 32.7 Å². The second-order valence-electron chi connectivity index (χ2n) is 7.82. The lowest BCUT2D eigenvalue weighted by molar-refractivity contribution is -0.151. The Morgan fingerprint density at radius 3 is 2.81 bits per heavy atom. The molecule has 3 aliphatic rings. The Kier molecular flexibility index (Phi) is 4.99. The first-order valence-corrected chi connectivity index (χ1v) is 9.77. The minimum atomic E-state index is -0.452. The van der Waals surface area contributed by atoms with Crippen LogP contribution in [0.5, 0.6) is 0 Å². The minimum absolute atomic E-state index is 0.0272. The largest absolute Gasteiger partial charge is 0.381 e. The van der Waals surface area contributed by atoms with E-state index in [1.165, 1.54) is 10.8 Å². The Balaban J connectivity index is 1.44. The molecule has 1 unspecified atom stereocenters. The summed E-state index contributed by atoms with van der Waals surface area (Å²) in [6, 6.07) is 1.90. The van der Waals surface area contributed by atoms with Crippen molar-refractivity contribution in [2.75, 3.05) is 32.8 Å². The Morgan fingerprint density at radius 1 is 1.22 bits per heavy atom. The molecule has 1 aromatic heterocycles. The summed E-state index contributed by atoms with van der Waals surface area (Å²) in [5, 5.41) is 0. The highest BCUT2D eigenvalue weighted by Gasteiger charge is 2.50. The number of hydrogen-bond donors (Lipinski definition) is 0. The first-order valence-electron chi connectivity index (χ1n) is 9.77. The number of rotatable bonds is 3. The number of carbonyl (C=O) groups excluding carboxylic acids is 2. The van der Waals surface area contributed by atoms with Crippen LogP contribution in [0.2, 0.25) is 0 Å². The van der Waals surface area contributed by atoms with Crippen LogP contribution in [-0.2, 0) is 20.9 Å². The highest BCUT2D eigenvalue weighted by Crippen LogP contribution is 2.41. The normalized spacial score (nSPS) is 26.7. The molecule has 8 nitrogen and oxygen atoms in total. The molecule has 0 bridgehead atoms. The standard InChI is InChI=1S/C19H26N4O4/c24-16(13-21-8-2-7-20-18(21)26)22-10-6-19(14-22)5-1-9-23(17(19)25)15-3-11-27-12-4-15/h2,7-8,15H,1,3-6,9-14H2. The number of hydrogen-bond acceptors (Lipinski definition) is 5. The van der Waals surface area contributed by atoms with Crippen LogP contribution >= 0.6 is 0 Å². The van der Waals surface area contributed by atoms with E-state index in [0.717, 1.165) is 32.2 Å². The van der Waals surface area contributed by atoms with Gasteiger partial charge in [-0.1, -0.05) is 0 Å². The quantitative estimate of drug-likeness (QED) is 0.758. The molecule has 2 amide bonds. The second kappa shape index (κ2) is 7.42. The van der Waals surface area contributed by atoms with E-state index >= 15 is 0 Å². The van der Waals surface area contributed by atoms with E-state index in [9.17, 15) is 14.4 Å². The van der Waals surface area contributed by atoms with Gasteiger partial charge in [0.2, 0.25) is 11.8 Å². The van der Waals surface area contributed by atoms with Gasteiger partial charge < -0.3 is 14.5 Å². The Labute approximate surface area is 158 Å². The summed E-state index contributed by atoms with van der Waals surface area (Å²) in [6.07, 6.45) is 7.30. The SMILES string of the molecule is O=C(Cn1cccnc1=O)N1CCC2(CCCN(C3CCOCC3)C2=O)C1. The van der Waals surface area contributed by atoms with Gasteiger partial charge in [0.05, 0.1) is 5.41 Å². The predicted molar refractivity (Wildman–Crippen MR) is 96.9 cm³/mol. The molecule has 4 rings (SSSR count). The molecule has 146 valence electrons. The molecule has 0 N–H and O–H groups in total. The van der Waals surface area contributed by atoms with Crippen LogP contribution < -0.4 is 5.69 Å². The molecule has 1 spiro atoms. The first kappa shape index (κ1) is 18.2. The summed E-state index contributed by atoms with van der Waals surface area (Å²) in [6.45, 7) is 3.24. The molecule has 3 fully saturated rings. The van der Waals surface area contributed by atoms with Gasteiger partial charge in [0.25, 0.3) is 0 Å². The lowest BCUT2D eigenvalue weighted by atomic mass is 9.77. The maximum atomic E-state index is 13.3. The van der Waals surface area contributed by atoms with Crippen LogP contribution in [0.1, 0.15) is 32.1 Å². The van der Waals surface area contributed by atoms with Crippen LogP contribution in [0.4, 0.5) is 0 Å². The van der Waals surface area contributed by atoms with Crippen molar-refractivity contribution in [1.82, 2.24) is 19.4 Å². The van der Waals surface area contributed by atoms with Crippen molar-refractivity contribution < 1.29 is 14.3 Å². The van der Waals surface area contributed by atoms with Gasteiger partial charge in [-0.25, -0.2) is 9.78 Å². The third-order valence-corrected chi connectivity index (χ3v) is 6.20. The summed E-state index contributed by atoms with van der Waals surface area (Å²) in [5.41, 5.74) is -0.884. The molecular formula is C19H26N4O4. The zero-order valence-electron chi connectivity index (χ0n) is 15.5. The van der Waals surface area contributed by atoms with Gasteiger partial charge in [-0.15, -0.1) is 0 Å². The Hall–Kier alpha value is -2.22. The van der Waals surface area contributed by atoms with Gasteiger partial charge in [-0.05, 0) is 38.2 Å². The number of likely N-dealkylation sites (tertiary alicyclic amines) is 2. The topological polar surface area (TPSA) is 84.7 Å². The van der Waals surface area contributed by atoms with Gasteiger partial charge in [0, 0.05) is 51.3 Å². The summed E-state index contributed by atoms with van der Waals surface area (Å²) in [4.78, 5) is 45.2. The van der Waals surface area contributed by atoms with Crippen molar-refractivity contribution in [2.45, 2.75) is 44.7 Å². The molecule has 3 aliphatic heterocycles. The fourth-order valence-corrected chi connectivity index (χ4v) is 4.66. The van der Waals surface area contributed by atoms with E-state index < -0.39 is 11.1 Å². The number of nitrogens with zero attached hydrogens (tertiary/aromatic N) is 4. The fourth-order valence-electron chi connectivity index (χ4n) is 4.66. The smallest absolute Gasteiger partial charge is 0.347 e. The number of carbonyl (C=O) groups is 2. The van der Waals surface area contributed by atoms with Crippen LogP contribution in [-0.4, -0.2) is 70.1 Å². The third kappa shape index (κ3) is 3.50. The predicted octanol–water partition coefficient (Wildman–Crippen LogP) is 0.263. The molecular weight excluding hydrogens is 348 g/mol. The van der Waals surface area contributed by atoms with Crippen molar-refractivity contribution in [2.24, 2.45) is 5.41 Å². The average molecular weight is 374 g/mol. The van der Waals surface area contributed by atoms with Gasteiger partial charge in [-0.3, -0.25) is 14.2 Å². The van der Waals surface area contributed by atoms with E-state index in [-0.39, 0.29) is 24.4 Å². The van der Waals surface area contributed by atoms with E-state index in [1.54, 1.807) is 17.2 Å². The summed E-state index contributed by atoms with van der Waals surface area (Å²) in [5.74, 6) is 0.0764. The number of piperidine rings is 1. The van der Waals surface area contributed by atoms with Crippen molar-refractivity contribution in [1.29, 1.82) is 0 Å². The number of amides is 2. The molecule has 1 aromatic rings.